The van der Waals surface area contributed by atoms with Crippen LogP contribution in [-0.2, 0) is 0 Å². The molecule has 1 amide bonds. The van der Waals surface area contributed by atoms with E-state index in [9.17, 15) is 9.59 Å². The van der Waals surface area contributed by atoms with Gasteiger partial charge in [-0.3, -0.25) is 4.79 Å². The summed E-state index contributed by atoms with van der Waals surface area (Å²) in [6.45, 7) is 1.62. The van der Waals surface area contributed by atoms with Crippen LogP contribution >= 0.6 is 0 Å². The van der Waals surface area contributed by atoms with E-state index in [1.807, 2.05) is 7.05 Å². The number of aryl methyl sites for hydroxylation is 1. The molecular weight excluding hydrogens is 280 g/mol. The molecule has 1 aliphatic rings. The van der Waals surface area contributed by atoms with Crippen molar-refractivity contribution >= 4 is 11.9 Å². The summed E-state index contributed by atoms with van der Waals surface area (Å²) in [4.78, 5) is 29.6. The molecule has 0 aliphatic heterocycles. The first-order valence-corrected chi connectivity index (χ1v) is 7.99. The van der Waals surface area contributed by atoms with Gasteiger partial charge in [0.05, 0.1) is 11.3 Å². The highest BCUT2D eigenvalue weighted by atomic mass is 16.4. The Bertz CT molecular complexity index is 549. The van der Waals surface area contributed by atoms with E-state index < -0.39 is 5.97 Å². The fourth-order valence-electron chi connectivity index (χ4n) is 3.07. The van der Waals surface area contributed by atoms with Gasteiger partial charge >= 0.3 is 5.97 Å². The zero-order valence-corrected chi connectivity index (χ0v) is 13.3. The zero-order chi connectivity index (χ0) is 16.1. The molecule has 22 heavy (non-hydrogen) atoms. The van der Waals surface area contributed by atoms with Crippen molar-refractivity contribution in [2.24, 2.45) is 0 Å². The molecular formula is C17H24N2O3. The summed E-state index contributed by atoms with van der Waals surface area (Å²) in [5.74, 6) is -1.14. The fourth-order valence-corrected chi connectivity index (χ4v) is 3.07. The molecule has 1 fully saturated rings. The maximum Gasteiger partial charge on any atom is 0.337 e. The van der Waals surface area contributed by atoms with E-state index in [1.165, 1.54) is 31.4 Å². The molecule has 0 atom stereocenters. The number of hydrogen-bond acceptors (Lipinski definition) is 3. The third kappa shape index (κ3) is 3.84. The summed E-state index contributed by atoms with van der Waals surface area (Å²) in [5, 5.41) is 9.03. The summed E-state index contributed by atoms with van der Waals surface area (Å²) in [7, 11) is 1.83. The molecule has 1 saturated carbocycles. The number of carboxylic acid groups (broad SMARTS) is 1. The van der Waals surface area contributed by atoms with E-state index in [4.69, 9.17) is 5.11 Å². The van der Waals surface area contributed by atoms with E-state index >= 15 is 0 Å². The number of nitrogens with zero attached hydrogens (tertiary/aromatic N) is 2. The molecule has 0 aromatic carbocycles. The molecule has 1 heterocycles. The number of aromatic carboxylic acids is 1. The van der Waals surface area contributed by atoms with Gasteiger partial charge < -0.3 is 10.0 Å². The van der Waals surface area contributed by atoms with Gasteiger partial charge in [0.25, 0.3) is 5.91 Å². The Kier molecular flexibility index (Phi) is 5.52. The largest absolute Gasteiger partial charge is 0.478 e. The topological polar surface area (TPSA) is 70.5 Å². The maximum atomic E-state index is 12.6. The van der Waals surface area contributed by atoms with Gasteiger partial charge in [-0.05, 0) is 31.9 Å². The average molecular weight is 304 g/mol. The highest BCUT2D eigenvalue weighted by Crippen LogP contribution is 2.22. The lowest BCUT2D eigenvalue weighted by atomic mass is 9.95. The third-order valence-electron chi connectivity index (χ3n) is 4.48. The number of amides is 1. The molecule has 0 saturated heterocycles. The predicted molar refractivity (Wildman–Crippen MR) is 84.1 cm³/mol. The number of hydrogen-bond donors (Lipinski definition) is 1. The van der Waals surface area contributed by atoms with Crippen LogP contribution in [0.15, 0.2) is 12.1 Å². The molecule has 1 aromatic heterocycles. The van der Waals surface area contributed by atoms with Crippen molar-refractivity contribution in [3.8, 4) is 0 Å². The number of carbonyl (C=O) groups is 2. The molecule has 2 rings (SSSR count). The summed E-state index contributed by atoms with van der Waals surface area (Å²) < 4.78 is 0. The van der Waals surface area contributed by atoms with Crippen LogP contribution < -0.4 is 0 Å². The van der Waals surface area contributed by atoms with Crippen LogP contribution in [0, 0.1) is 6.92 Å². The molecule has 120 valence electrons. The monoisotopic (exact) mass is 304 g/mol. The van der Waals surface area contributed by atoms with Gasteiger partial charge in [-0.25, -0.2) is 9.78 Å². The van der Waals surface area contributed by atoms with Crippen LogP contribution in [0.25, 0.3) is 0 Å². The van der Waals surface area contributed by atoms with Crippen molar-refractivity contribution in [1.29, 1.82) is 0 Å². The van der Waals surface area contributed by atoms with Crippen LogP contribution in [0.2, 0.25) is 0 Å². The Morgan fingerprint density at radius 3 is 2.27 bits per heavy atom. The zero-order valence-electron chi connectivity index (χ0n) is 13.3. The smallest absolute Gasteiger partial charge is 0.337 e. The molecule has 0 radical (unpaired) electrons. The minimum absolute atomic E-state index is 0.120. The molecule has 1 N–H and O–H groups in total. The molecule has 0 bridgehead atoms. The molecule has 1 aromatic rings. The Morgan fingerprint density at radius 1 is 1.14 bits per heavy atom. The van der Waals surface area contributed by atoms with Gasteiger partial charge in [0.15, 0.2) is 0 Å². The predicted octanol–water partition coefficient (Wildman–Crippen LogP) is 3.27. The lowest BCUT2D eigenvalue weighted by Gasteiger charge is -2.29. The number of carboxylic acids is 1. The normalized spacial score (nSPS) is 16.6. The lowest BCUT2D eigenvalue weighted by Crippen LogP contribution is -2.38. The summed E-state index contributed by atoms with van der Waals surface area (Å²) in [6, 6.07) is 3.23. The molecule has 5 heteroatoms. The van der Waals surface area contributed by atoms with Crippen LogP contribution in [0.1, 0.15) is 71.5 Å². The average Bonchev–Trinajstić information content (AvgIpc) is 2.45. The highest BCUT2D eigenvalue weighted by molar-refractivity contribution is 5.94. The molecule has 1 aliphatic carbocycles. The fraction of sp³-hybridized carbons (Fsp3) is 0.588. The summed E-state index contributed by atoms with van der Waals surface area (Å²) in [6.07, 6.45) is 8.16. The van der Waals surface area contributed by atoms with Crippen molar-refractivity contribution in [2.75, 3.05) is 7.05 Å². The van der Waals surface area contributed by atoms with Gasteiger partial charge in [-0.15, -0.1) is 0 Å². The van der Waals surface area contributed by atoms with Gasteiger partial charge in [0.1, 0.15) is 5.69 Å². The molecule has 0 unspecified atom stereocenters. The lowest BCUT2D eigenvalue weighted by molar-refractivity contribution is 0.0682. The molecule has 5 nitrogen and oxygen atoms in total. The first kappa shape index (κ1) is 16.5. The summed E-state index contributed by atoms with van der Waals surface area (Å²) >= 11 is 0. The van der Waals surface area contributed by atoms with Crippen molar-refractivity contribution in [1.82, 2.24) is 9.88 Å². The van der Waals surface area contributed by atoms with Crippen molar-refractivity contribution in [2.45, 2.75) is 57.9 Å². The van der Waals surface area contributed by atoms with E-state index in [0.717, 1.165) is 25.7 Å². The van der Waals surface area contributed by atoms with E-state index in [0.29, 0.717) is 11.4 Å². The second-order valence-electron chi connectivity index (χ2n) is 6.05. The van der Waals surface area contributed by atoms with Gasteiger partial charge in [0, 0.05) is 13.1 Å². The van der Waals surface area contributed by atoms with Crippen LogP contribution in [0.4, 0.5) is 0 Å². The van der Waals surface area contributed by atoms with Gasteiger partial charge in [-0.1, -0.05) is 32.1 Å². The van der Waals surface area contributed by atoms with Gasteiger partial charge in [0.2, 0.25) is 0 Å². The van der Waals surface area contributed by atoms with Crippen molar-refractivity contribution in [3.05, 3.63) is 29.1 Å². The Balaban J connectivity index is 2.12. The van der Waals surface area contributed by atoms with E-state index in [1.54, 1.807) is 11.8 Å². The number of aromatic nitrogens is 1. The van der Waals surface area contributed by atoms with Crippen LogP contribution in [0.5, 0.6) is 0 Å². The van der Waals surface area contributed by atoms with Gasteiger partial charge in [-0.2, -0.15) is 0 Å². The Hall–Kier alpha value is -1.91. The second kappa shape index (κ2) is 7.38. The second-order valence-corrected chi connectivity index (χ2v) is 6.05. The SMILES string of the molecule is Cc1nc(C(=O)N(C)C2CCCCCCC2)ccc1C(=O)O. The van der Waals surface area contributed by atoms with Crippen molar-refractivity contribution < 1.29 is 14.7 Å². The Labute approximate surface area is 131 Å². The first-order chi connectivity index (χ1) is 10.5. The van der Waals surface area contributed by atoms with E-state index in [-0.39, 0.29) is 17.5 Å². The first-order valence-electron chi connectivity index (χ1n) is 7.99. The number of rotatable bonds is 3. The third-order valence-corrected chi connectivity index (χ3v) is 4.48. The minimum Gasteiger partial charge on any atom is -0.478 e. The number of carbonyl (C=O) groups excluding carboxylic acids is 1. The highest BCUT2D eigenvalue weighted by Gasteiger charge is 2.23. The van der Waals surface area contributed by atoms with Crippen molar-refractivity contribution in [3.63, 3.8) is 0 Å². The summed E-state index contributed by atoms with van der Waals surface area (Å²) in [5.41, 5.74) is 0.849. The molecule has 0 spiro atoms. The Morgan fingerprint density at radius 2 is 1.73 bits per heavy atom. The van der Waals surface area contributed by atoms with Crippen LogP contribution in [0.3, 0.4) is 0 Å². The number of pyridine rings is 1. The minimum atomic E-state index is -1.02. The standard InChI is InChI=1S/C17H24N2O3/c1-12-14(17(21)22)10-11-15(18-12)16(20)19(2)13-8-6-4-3-5-7-9-13/h10-11,13H,3-9H2,1-2H3,(H,21,22). The quantitative estimate of drug-likeness (QED) is 0.930. The van der Waals surface area contributed by atoms with Crippen LogP contribution in [-0.4, -0.2) is 40.0 Å². The maximum absolute atomic E-state index is 12.6. The van der Waals surface area contributed by atoms with E-state index in [2.05, 4.69) is 4.98 Å².